The molecular weight excluding hydrogens is 249 g/mol. The van der Waals surface area contributed by atoms with Crippen LogP contribution in [-0.4, -0.2) is 26.9 Å². The van der Waals surface area contributed by atoms with Gasteiger partial charge >= 0.3 is 11.9 Å². The largest absolute Gasteiger partial charge is 0.393 e. The van der Waals surface area contributed by atoms with Gasteiger partial charge in [0, 0.05) is 12.4 Å². The van der Waals surface area contributed by atoms with Gasteiger partial charge in [-0.2, -0.15) is 13.2 Å². The number of hydrogen-bond donors (Lipinski definition) is 1. The van der Waals surface area contributed by atoms with Crippen LogP contribution in [0.4, 0.5) is 13.2 Å². The maximum atomic E-state index is 12.9. The zero-order valence-corrected chi connectivity index (χ0v) is 9.47. The lowest BCUT2D eigenvalue weighted by molar-refractivity contribution is -0.199. The summed E-state index contributed by atoms with van der Waals surface area (Å²) < 4.78 is 39.7. The third kappa shape index (κ3) is 2.55. The lowest BCUT2D eigenvalue weighted by Gasteiger charge is -2.36. The van der Waals surface area contributed by atoms with E-state index in [1.807, 2.05) is 0 Å². The summed E-state index contributed by atoms with van der Waals surface area (Å²) in [5, 5.41) is 9.51. The molecular formula is C11H13F3N2O2. The molecule has 1 heterocycles. The molecule has 100 valence electrons. The molecule has 7 heteroatoms. The quantitative estimate of drug-likeness (QED) is 0.834. The molecule has 18 heavy (non-hydrogen) atoms. The Labute approximate surface area is 101 Å². The van der Waals surface area contributed by atoms with Crippen LogP contribution in [0.25, 0.3) is 0 Å². The van der Waals surface area contributed by atoms with Gasteiger partial charge in [0.1, 0.15) is 0 Å². The van der Waals surface area contributed by atoms with Crippen LogP contribution in [-0.2, 0) is 0 Å². The average Bonchev–Trinajstić information content (AvgIpc) is 2.27. The summed E-state index contributed by atoms with van der Waals surface area (Å²) in [6.45, 7) is 0. The smallest absolute Gasteiger partial charge is 0.393 e. The molecule has 0 spiro atoms. The minimum atomic E-state index is -4.37. The van der Waals surface area contributed by atoms with E-state index < -0.39 is 29.9 Å². The molecule has 4 nitrogen and oxygen atoms in total. The van der Waals surface area contributed by atoms with Gasteiger partial charge in [0.15, 0.2) is 0 Å². The number of nitrogens with zero attached hydrogens (tertiary/aromatic N) is 2. The van der Waals surface area contributed by atoms with Crippen LogP contribution in [0.15, 0.2) is 23.3 Å². The monoisotopic (exact) mass is 262 g/mol. The fourth-order valence-electron chi connectivity index (χ4n) is 2.44. The number of alkyl halides is 3. The molecule has 1 aliphatic carbocycles. The highest BCUT2D eigenvalue weighted by atomic mass is 19.4. The van der Waals surface area contributed by atoms with Gasteiger partial charge < -0.3 is 5.11 Å². The Morgan fingerprint density at radius 3 is 2.72 bits per heavy atom. The van der Waals surface area contributed by atoms with Crippen LogP contribution in [0, 0.1) is 5.92 Å². The molecule has 2 rings (SSSR count). The third-order valence-electron chi connectivity index (χ3n) is 3.31. The van der Waals surface area contributed by atoms with E-state index >= 15 is 0 Å². The number of halogens is 3. The maximum absolute atomic E-state index is 12.9. The van der Waals surface area contributed by atoms with Gasteiger partial charge in [-0.25, -0.2) is 9.78 Å². The number of aromatic nitrogens is 2. The molecule has 0 bridgehead atoms. The molecule has 1 saturated carbocycles. The second-order valence-corrected chi connectivity index (χ2v) is 4.49. The van der Waals surface area contributed by atoms with E-state index in [9.17, 15) is 23.1 Å². The number of aliphatic hydroxyl groups is 1. The molecule has 1 aliphatic rings. The van der Waals surface area contributed by atoms with Crippen molar-refractivity contribution >= 4 is 0 Å². The van der Waals surface area contributed by atoms with Crippen molar-refractivity contribution < 1.29 is 18.3 Å². The van der Waals surface area contributed by atoms with Crippen LogP contribution < -0.4 is 5.69 Å². The second-order valence-electron chi connectivity index (χ2n) is 4.49. The topological polar surface area (TPSA) is 55.1 Å². The minimum absolute atomic E-state index is 0.0736. The normalized spacial score (nSPS) is 29.2. The van der Waals surface area contributed by atoms with Crippen molar-refractivity contribution in [2.45, 2.75) is 37.6 Å². The summed E-state index contributed by atoms with van der Waals surface area (Å²) in [7, 11) is 0. The third-order valence-corrected chi connectivity index (χ3v) is 3.31. The van der Waals surface area contributed by atoms with Crippen molar-refractivity contribution in [1.82, 2.24) is 9.55 Å². The minimum Gasteiger partial charge on any atom is -0.393 e. The second kappa shape index (κ2) is 4.72. The van der Waals surface area contributed by atoms with Gasteiger partial charge in [0.25, 0.3) is 0 Å². The van der Waals surface area contributed by atoms with Crippen molar-refractivity contribution in [2.24, 2.45) is 5.92 Å². The zero-order chi connectivity index (χ0) is 13.3. The highest BCUT2D eigenvalue weighted by molar-refractivity contribution is 4.92. The average molecular weight is 262 g/mol. The molecule has 3 unspecified atom stereocenters. The van der Waals surface area contributed by atoms with Crippen LogP contribution in [0.3, 0.4) is 0 Å². The Balaban J connectivity index is 2.37. The van der Waals surface area contributed by atoms with E-state index in [1.165, 1.54) is 18.5 Å². The fraction of sp³-hybridized carbons (Fsp3) is 0.636. The van der Waals surface area contributed by atoms with E-state index in [1.54, 1.807) is 0 Å². The Hall–Kier alpha value is -1.37. The molecule has 0 aromatic carbocycles. The van der Waals surface area contributed by atoms with Crippen LogP contribution in [0.5, 0.6) is 0 Å². The molecule has 0 amide bonds. The van der Waals surface area contributed by atoms with Gasteiger partial charge in [-0.1, -0.05) is 0 Å². The van der Waals surface area contributed by atoms with Gasteiger partial charge in [0.05, 0.1) is 18.1 Å². The predicted molar refractivity (Wildman–Crippen MR) is 56.9 cm³/mol. The molecule has 1 aromatic heterocycles. The number of hydrogen-bond acceptors (Lipinski definition) is 3. The first-order chi connectivity index (χ1) is 8.39. The molecule has 0 aliphatic heterocycles. The summed E-state index contributed by atoms with van der Waals surface area (Å²) in [4.78, 5) is 15.0. The molecule has 1 aromatic rings. The number of aliphatic hydroxyl groups excluding tert-OH is 1. The molecule has 3 atom stereocenters. The van der Waals surface area contributed by atoms with Crippen LogP contribution in [0.2, 0.25) is 0 Å². The fourth-order valence-corrected chi connectivity index (χ4v) is 2.44. The van der Waals surface area contributed by atoms with Gasteiger partial charge in [-0.15, -0.1) is 0 Å². The molecule has 1 fully saturated rings. The van der Waals surface area contributed by atoms with E-state index in [-0.39, 0.29) is 19.3 Å². The van der Waals surface area contributed by atoms with Crippen molar-refractivity contribution in [3.05, 3.63) is 28.9 Å². The highest BCUT2D eigenvalue weighted by Gasteiger charge is 2.48. The summed E-state index contributed by atoms with van der Waals surface area (Å²) in [6, 6.07) is 0.338. The van der Waals surface area contributed by atoms with Crippen molar-refractivity contribution in [3.8, 4) is 0 Å². The predicted octanol–water partition coefficient (Wildman–Crippen LogP) is 1.51. The lowest BCUT2D eigenvalue weighted by atomic mass is 9.82. The number of rotatable bonds is 1. The standard InChI is InChI=1S/C11H13F3N2O2/c12-11(13,14)8-3-2-7(17)6-9(8)16-5-1-4-15-10(16)18/h1,4-5,7-9,17H,2-3,6H2. The lowest BCUT2D eigenvalue weighted by Crippen LogP contribution is -2.42. The first-order valence-corrected chi connectivity index (χ1v) is 5.67. The Morgan fingerprint density at radius 1 is 1.39 bits per heavy atom. The van der Waals surface area contributed by atoms with Gasteiger partial charge in [-0.05, 0) is 25.3 Å². The first-order valence-electron chi connectivity index (χ1n) is 5.67. The zero-order valence-electron chi connectivity index (χ0n) is 9.47. The van der Waals surface area contributed by atoms with E-state index in [0.717, 1.165) is 4.57 Å². The summed E-state index contributed by atoms with van der Waals surface area (Å²) >= 11 is 0. The Morgan fingerprint density at radius 2 is 2.11 bits per heavy atom. The van der Waals surface area contributed by atoms with Gasteiger partial charge in [0.2, 0.25) is 0 Å². The van der Waals surface area contributed by atoms with E-state index in [2.05, 4.69) is 4.98 Å². The summed E-state index contributed by atoms with van der Waals surface area (Å²) in [5.41, 5.74) is -0.717. The first kappa shape index (κ1) is 13.1. The molecule has 0 radical (unpaired) electrons. The molecule has 1 N–H and O–H groups in total. The van der Waals surface area contributed by atoms with E-state index in [0.29, 0.717) is 0 Å². The van der Waals surface area contributed by atoms with Crippen molar-refractivity contribution in [1.29, 1.82) is 0 Å². The van der Waals surface area contributed by atoms with Crippen molar-refractivity contribution in [3.63, 3.8) is 0 Å². The van der Waals surface area contributed by atoms with Crippen LogP contribution >= 0.6 is 0 Å². The maximum Gasteiger partial charge on any atom is 0.393 e. The SMILES string of the molecule is O=c1ncccn1C1CC(O)CCC1C(F)(F)F. The highest BCUT2D eigenvalue weighted by Crippen LogP contribution is 2.43. The van der Waals surface area contributed by atoms with Crippen LogP contribution in [0.1, 0.15) is 25.3 Å². The van der Waals surface area contributed by atoms with Gasteiger partial charge in [-0.3, -0.25) is 4.57 Å². The Kier molecular flexibility index (Phi) is 3.43. The Bertz CT molecular complexity index is 472. The molecule has 0 saturated heterocycles. The van der Waals surface area contributed by atoms with Crippen molar-refractivity contribution in [2.75, 3.05) is 0 Å². The van der Waals surface area contributed by atoms with E-state index in [4.69, 9.17) is 0 Å². The summed E-state index contributed by atoms with van der Waals surface area (Å²) in [5.74, 6) is -1.61. The summed E-state index contributed by atoms with van der Waals surface area (Å²) in [6.07, 6.45) is -2.79.